The molecular weight excluding hydrogens is 708 g/mol. The molecule has 0 spiro atoms. The van der Waals surface area contributed by atoms with Crippen molar-refractivity contribution in [3.63, 3.8) is 0 Å². The van der Waals surface area contributed by atoms with E-state index in [1.807, 2.05) is 58.3 Å². The molecule has 0 aromatic heterocycles. The fourth-order valence-corrected chi connectivity index (χ4v) is 6.12. The van der Waals surface area contributed by atoms with Crippen molar-refractivity contribution in [2.24, 2.45) is 0 Å². The van der Waals surface area contributed by atoms with Crippen LogP contribution in [0.2, 0.25) is 0 Å². The number of hydrogen-bond acceptors (Lipinski definition) is 8. The third-order valence-corrected chi connectivity index (χ3v) is 9.39. The molecule has 11 heteroatoms. The monoisotopic (exact) mass is 735 g/mol. The smallest absolute Gasteiger partial charge is 0.411 e. The quantitative estimate of drug-likeness (QED) is 0.0743. The predicted molar refractivity (Wildman–Crippen MR) is 197 cm³/mol. The number of thioether (sulfide) groups is 4. The molecule has 1 radical (unpaired) electrons. The summed E-state index contributed by atoms with van der Waals surface area (Å²) in [4.78, 5) is 8.73. The predicted octanol–water partition coefficient (Wildman–Crippen LogP) is 10.2. The van der Waals surface area contributed by atoms with Gasteiger partial charge in [-0.1, -0.05) is 8.64 Å². The van der Waals surface area contributed by atoms with E-state index in [9.17, 15) is 0 Å². The topological polar surface area (TPSA) is 6.48 Å². The third-order valence-electron chi connectivity index (χ3n) is 5.69. The van der Waals surface area contributed by atoms with Crippen LogP contribution in [-0.4, -0.2) is 33.7 Å². The summed E-state index contributed by atoms with van der Waals surface area (Å²) in [5.41, 5.74) is 4.00. The van der Waals surface area contributed by atoms with Crippen LogP contribution in [0.15, 0.2) is 117 Å². The van der Waals surface area contributed by atoms with Gasteiger partial charge < -0.3 is 59.5 Å². The number of anilines is 4. The molecule has 0 fully saturated rings. The average molecular weight is 737 g/mol. The van der Waals surface area contributed by atoms with E-state index in [0.717, 1.165) is 22.7 Å². The maximum atomic E-state index is 5.23. The van der Waals surface area contributed by atoms with Crippen LogP contribution < -0.4 is 9.80 Å². The van der Waals surface area contributed by atoms with Crippen LogP contribution in [0.3, 0.4) is 0 Å². The number of benzene rings is 4. The summed E-state index contributed by atoms with van der Waals surface area (Å²) in [7, 11) is 0. The van der Waals surface area contributed by atoms with Gasteiger partial charge >= 0.3 is 17.1 Å². The van der Waals surface area contributed by atoms with Gasteiger partial charge in [-0.25, -0.2) is 0 Å². The summed E-state index contributed by atoms with van der Waals surface area (Å²) in [6, 6.07) is 33.0. The van der Waals surface area contributed by atoms with Gasteiger partial charge in [0.15, 0.2) is 0 Å². The van der Waals surface area contributed by atoms with Crippen molar-refractivity contribution in [1.29, 1.82) is 0 Å². The summed E-state index contributed by atoms with van der Waals surface area (Å²) in [5.74, 6) is 0. The Morgan fingerprint density at radius 1 is 0.439 bits per heavy atom. The molecule has 0 N–H and O–H groups in total. The van der Waals surface area contributed by atoms with E-state index in [1.165, 1.54) is 19.6 Å². The third kappa shape index (κ3) is 10.6. The van der Waals surface area contributed by atoms with Crippen LogP contribution in [0.25, 0.3) is 0 Å². The molecule has 0 aliphatic carbocycles. The summed E-state index contributed by atoms with van der Waals surface area (Å²) in [6.45, 7) is 0. The van der Waals surface area contributed by atoms with Gasteiger partial charge in [0, 0.05) is 42.3 Å². The molecule has 0 unspecified atom stereocenters. The van der Waals surface area contributed by atoms with Crippen LogP contribution in [0.5, 0.6) is 0 Å². The molecule has 0 bridgehead atoms. The molecular formula is C30H28CuN2S8. The van der Waals surface area contributed by atoms with E-state index in [0.29, 0.717) is 8.64 Å². The maximum absolute atomic E-state index is 5.23. The van der Waals surface area contributed by atoms with E-state index in [1.54, 1.807) is 47.0 Å². The van der Waals surface area contributed by atoms with E-state index < -0.39 is 0 Å². The molecule has 0 saturated heterocycles. The SMILES string of the molecule is CSc1ccc(N(C(=S)[S-])c2ccc(SC)cc2)cc1.CSc1ccc(N(C(=S)[S-])c2ccc(SC)cc2)cc1.[Cu+2]. The Labute approximate surface area is 293 Å². The molecule has 41 heavy (non-hydrogen) atoms. The van der Waals surface area contributed by atoms with Crippen molar-refractivity contribution in [3.8, 4) is 0 Å². The van der Waals surface area contributed by atoms with Crippen molar-refractivity contribution < 1.29 is 17.1 Å². The molecule has 0 saturated carbocycles. The minimum absolute atomic E-state index is 0. The largest absolute Gasteiger partial charge is 2.00 e. The van der Waals surface area contributed by atoms with Crippen LogP contribution >= 0.6 is 71.5 Å². The molecule has 217 valence electrons. The molecule has 0 aliphatic rings. The molecule has 0 amide bonds. The average Bonchev–Trinajstić information content (AvgIpc) is 2.99. The Bertz CT molecular complexity index is 1180. The van der Waals surface area contributed by atoms with Crippen LogP contribution in [0.4, 0.5) is 22.7 Å². The van der Waals surface area contributed by atoms with E-state index in [2.05, 4.69) is 73.6 Å². The van der Waals surface area contributed by atoms with E-state index in [-0.39, 0.29) is 17.1 Å². The van der Waals surface area contributed by atoms with Crippen molar-refractivity contribution in [3.05, 3.63) is 97.1 Å². The zero-order chi connectivity index (χ0) is 29.1. The van der Waals surface area contributed by atoms with Crippen LogP contribution in [-0.2, 0) is 42.3 Å². The van der Waals surface area contributed by atoms with Gasteiger partial charge in [-0.2, -0.15) is 0 Å². The summed E-state index contributed by atoms with van der Waals surface area (Å²) in [6.07, 6.45) is 8.24. The minimum atomic E-state index is 0. The molecule has 0 aliphatic heterocycles. The maximum Gasteiger partial charge on any atom is 2.00 e. The zero-order valence-electron chi connectivity index (χ0n) is 22.7. The number of nitrogens with zero attached hydrogens (tertiary/aromatic N) is 2. The molecule has 4 aromatic carbocycles. The summed E-state index contributed by atoms with van der Waals surface area (Å²) >= 11 is 27.8. The van der Waals surface area contributed by atoms with Crippen molar-refractivity contribution in [2.75, 3.05) is 34.8 Å². The fraction of sp³-hybridized carbons (Fsp3) is 0.133. The van der Waals surface area contributed by atoms with Crippen LogP contribution in [0, 0.1) is 0 Å². The molecule has 4 rings (SSSR count). The Balaban J connectivity index is 0.000000280. The first kappa shape index (κ1) is 36.2. The molecule has 2 nitrogen and oxygen atoms in total. The number of hydrogen-bond donors (Lipinski definition) is 0. The van der Waals surface area contributed by atoms with Gasteiger partial charge in [0.05, 0.1) is 0 Å². The summed E-state index contributed by atoms with van der Waals surface area (Å²) < 4.78 is 0.859. The first-order chi connectivity index (χ1) is 19.3. The Morgan fingerprint density at radius 2 is 0.610 bits per heavy atom. The first-order valence-electron chi connectivity index (χ1n) is 11.9. The van der Waals surface area contributed by atoms with Gasteiger partial charge in [-0.15, -0.1) is 47.0 Å². The summed E-state index contributed by atoms with van der Waals surface area (Å²) in [5, 5.41) is 0. The molecule has 0 heterocycles. The van der Waals surface area contributed by atoms with Gasteiger partial charge in [-0.3, -0.25) is 0 Å². The zero-order valence-corrected chi connectivity index (χ0v) is 30.2. The number of thiocarbonyl (C=S) groups is 2. The first-order valence-corrected chi connectivity index (χ1v) is 18.4. The van der Waals surface area contributed by atoms with Crippen molar-refractivity contribution in [1.82, 2.24) is 0 Å². The van der Waals surface area contributed by atoms with Gasteiger partial charge in [0.2, 0.25) is 0 Å². The van der Waals surface area contributed by atoms with Crippen LogP contribution in [0.1, 0.15) is 0 Å². The van der Waals surface area contributed by atoms with Gasteiger partial charge in [0.25, 0.3) is 0 Å². The fourth-order valence-electron chi connectivity index (χ4n) is 3.64. The second-order valence-corrected chi connectivity index (χ2v) is 13.6. The molecule has 0 atom stereocenters. The van der Waals surface area contributed by atoms with Gasteiger partial charge in [0.1, 0.15) is 0 Å². The van der Waals surface area contributed by atoms with Gasteiger partial charge in [-0.05, 0) is 122 Å². The van der Waals surface area contributed by atoms with Crippen molar-refractivity contribution >= 4 is 128 Å². The van der Waals surface area contributed by atoms with E-state index in [4.69, 9.17) is 49.7 Å². The minimum Gasteiger partial charge on any atom is -0.411 e. The Kier molecular flexibility index (Phi) is 16.5. The molecule has 4 aromatic rings. The normalized spacial score (nSPS) is 10.0. The number of rotatable bonds is 8. The standard InChI is InChI=1S/2C15H15NS4.Cu/c2*1-19-13-7-3-11(4-8-13)16(15(17)18)12-5-9-14(20-2)10-6-12;/h2*3-10H,1-2H3,(H,17,18);/q;;+2/p-2. The second kappa shape index (κ2) is 18.6. The Morgan fingerprint density at radius 3 is 0.732 bits per heavy atom. The Hall–Kier alpha value is -0.981. The second-order valence-electron chi connectivity index (χ2n) is 7.99. The van der Waals surface area contributed by atoms with Crippen molar-refractivity contribution in [2.45, 2.75) is 19.6 Å². The van der Waals surface area contributed by atoms with E-state index >= 15 is 0 Å².